The van der Waals surface area contributed by atoms with E-state index in [1.165, 1.54) is 32.0 Å². The molecule has 0 saturated heterocycles. The smallest absolute Gasteiger partial charge is 0.0972 e. The summed E-state index contributed by atoms with van der Waals surface area (Å²) < 4.78 is 0. The second-order valence-electron chi connectivity index (χ2n) is 9.89. The van der Waals surface area contributed by atoms with Crippen molar-refractivity contribution in [3.8, 4) is 22.4 Å². The molecule has 7 rings (SSSR count). The standard InChI is InChI=1S/C33H24N2S/c1-33(2)26-12-3-4-13-28(26)36-29-14-6-11-25(30(29)33)23-8-5-9-24(20-23)27-18-17-22-16-15-21-10-7-19-34-31(21)32(22)35-27/h3-20H,1-2H3. The van der Waals surface area contributed by atoms with Gasteiger partial charge < -0.3 is 0 Å². The molecule has 172 valence electrons. The lowest BCUT2D eigenvalue weighted by Gasteiger charge is -2.36. The number of pyridine rings is 2. The summed E-state index contributed by atoms with van der Waals surface area (Å²) in [6.07, 6.45) is 1.84. The molecule has 4 aromatic carbocycles. The first kappa shape index (κ1) is 21.3. The number of rotatable bonds is 2. The molecule has 3 heteroatoms. The molecule has 6 aromatic rings. The van der Waals surface area contributed by atoms with Crippen LogP contribution in [-0.2, 0) is 5.41 Å². The van der Waals surface area contributed by atoms with Gasteiger partial charge in [0.1, 0.15) is 0 Å². The average molecular weight is 481 g/mol. The Kier molecular flexibility index (Phi) is 4.77. The van der Waals surface area contributed by atoms with Crippen molar-refractivity contribution in [2.24, 2.45) is 0 Å². The van der Waals surface area contributed by atoms with Gasteiger partial charge >= 0.3 is 0 Å². The average Bonchev–Trinajstić information content (AvgIpc) is 2.92. The number of aromatic nitrogens is 2. The van der Waals surface area contributed by atoms with E-state index in [2.05, 4.69) is 116 Å². The first-order valence-electron chi connectivity index (χ1n) is 12.3. The van der Waals surface area contributed by atoms with Crippen molar-refractivity contribution in [3.63, 3.8) is 0 Å². The van der Waals surface area contributed by atoms with Crippen molar-refractivity contribution in [1.29, 1.82) is 0 Å². The fourth-order valence-corrected chi connectivity index (χ4v) is 6.99. The Morgan fingerprint density at radius 1 is 0.639 bits per heavy atom. The lowest BCUT2D eigenvalue weighted by molar-refractivity contribution is 0.609. The van der Waals surface area contributed by atoms with Gasteiger partial charge in [-0.05, 0) is 52.6 Å². The summed E-state index contributed by atoms with van der Waals surface area (Å²) in [5.74, 6) is 0. The van der Waals surface area contributed by atoms with E-state index in [0.29, 0.717) is 0 Å². The maximum atomic E-state index is 5.09. The Balaban J connectivity index is 1.38. The predicted octanol–water partition coefficient (Wildman–Crippen LogP) is 8.91. The second-order valence-corrected chi connectivity index (χ2v) is 11.0. The Morgan fingerprint density at radius 2 is 1.39 bits per heavy atom. The van der Waals surface area contributed by atoms with Crippen LogP contribution in [0.4, 0.5) is 0 Å². The van der Waals surface area contributed by atoms with E-state index in [-0.39, 0.29) is 5.41 Å². The number of hydrogen-bond donors (Lipinski definition) is 0. The third kappa shape index (κ3) is 3.27. The maximum absolute atomic E-state index is 5.09. The minimum atomic E-state index is -0.0877. The molecule has 0 spiro atoms. The lowest BCUT2D eigenvalue weighted by atomic mass is 9.74. The fourth-order valence-electron chi connectivity index (χ4n) is 5.56. The Hall–Kier alpha value is -3.95. The van der Waals surface area contributed by atoms with Gasteiger partial charge in [-0.25, -0.2) is 4.98 Å². The van der Waals surface area contributed by atoms with E-state index in [1.54, 1.807) is 0 Å². The van der Waals surface area contributed by atoms with Crippen LogP contribution in [0.5, 0.6) is 0 Å². The predicted molar refractivity (Wildman–Crippen MR) is 151 cm³/mol. The molecule has 2 aromatic heterocycles. The summed E-state index contributed by atoms with van der Waals surface area (Å²) >= 11 is 1.88. The third-order valence-corrected chi connectivity index (χ3v) is 8.47. The summed E-state index contributed by atoms with van der Waals surface area (Å²) in [5.41, 5.74) is 9.17. The second kappa shape index (κ2) is 8.04. The molecule has 0 radical (unpaired) electrons. The van der Waals surface area contributed by atoms with Gasteiger partial charge in [-0.2, -0.15) is 0 Å². The molecule has 0 aliphatic carbocycles. The molecule has 36 heavy (non-hydrogen) atoms. The van der Waals surface area contributed by atoms with Gasteiger partial charge in [0.2, 0.25) is 0 Å². The summed E-state index contributed by atoms with van der Waals surface area (Å²) in [7, 11) is 0. The molecule has 0 atom stereocenters. The van der Waals surface area contributed by atoms with E-state index in [0.717, 1.165) is 33.1 Å². The summed E-state index contributed by atoms with van der Waals surface area (Å²) in [5, 5.41) is 2.22. The topological polar surface area (TPSA) is 25.8 Å². The van der Waals surface area contributed by atoms with Gasteiger partial charge in [-0.1, -0.05) is 98.4 Å². The van der Waals surface area contributed by atoms with Gasteiger partial charge in [0, 0.05) is 37.7 Å². The lowest BCUT2D eigenvalue weighted by Crippen LogP contribution is -2.24. The maximum Gasteiger partial charge on any atom is 0.0972 e. The van der Waals surface area contributed by atoms with Crippen molar-refractivity contribution < 1.29 is 0 Å². The van der Waals surface area contributed by atoms with Crippen molar-refractivity contribution in [2.45, 2.75) is 29.1 Å². The number of benzene rings is 4. The molecule has 3 heterocycles. The van der Waals surface area contributed by atoms with E-state index in [4.69, 9.17) is 4.98 Å². The molecule has 0 unspecified atom stereocenters. The van der Waals surface area contributed by atoms with Crippen LogP contribution in [-0.4, -0.2) is 9.97 Å². The molecule has 0 saturated carbocycles. The molecule has 1 aliphatic rings. The number of nitrogens with zero attached hydrogens (tertiary/aromatic N) is 2. The van der Waals surface area contributed by atoms with E-state index < -0.39 is 0 Å². The fraction of sp³-hybridized carbons (Fsp3) is 0.0909. The summed E-state index contributed by atoms with van der Waals surface area (Å²) in [6.45, 7) is 4.70. The highest BCUT2D eigenvalue weighted by atomic mass is 32.2. The molecule has 0 amide bonds. The van der Waals surface area contributed by atoms with Gasteiger partial charge in [0.25, 0.3) is 0 Å². The minimum absolute atomic E-state index is 0.0877. The molecular formula is C33H24N2S. The molecule has 1 aliphatic heterocycles. The Morgan fingerprint density at radius 3 is 2.31 bits per heavy atom. The van der Waals surface area contributed by atoms with Gasteiger partial charge in [-0.15, -0.1) is 0 Å². The normalized spacial score (nSPS) is 13.9. The highest BCUT2D eigenvalue weighted by Crippen LogP contribution is 2.52. The SMILES string of the molecule is CC1(C)c2ccccc2Sc2cccc(-c3cccc(-c4ccc5ccc6cccnc6c5n4)c3)c21. The first-order chi connectivity index (χ1) is 17.6. The zero-order chi connectivity index (χ0) is 24.3. The highest BCUT2D eigenvalue weighted by Gasteiger charge is 2.35. The zero-order valence-corrected chi connectivity index (χ0v) is 21.0. The van der Waals surface area contributed by atoms with E-state index in [9.17, 15) is 0 Å². The van der Waals surface area contributed by atoms with Crippen LogP contribution in [0.2, 0.25) is 0 Å². The van der Waals surface area contributed by atoms with Crippen LogP contribution < -0.4 is 0 Å². The Bertz CT molecular complexity index is 1800. The van der Waals surface area contributed by atoms with E-state index >= 15 is 0 Å². The first-order valence-corrected chi connectivity index (χ1v) is 13.1. The molecule has 0 fully saturated rings. The monoisotopic (exact) mass is 480 g/mol. The van der Waals surface area contributed by atoms with E-state index in [1.807, 2.05) is 24.0 Å². The van der Waals surface area contributed by atoms with Crippen molar-refractivity contribution in [1.82, 2.24) is 9.97 Å². The van der Waals surface area contributed by atoms with Gasteiger partial charge in [0.05, 0.1) is 16.7 Å². The largest absolute Gasteiger partial charge is 0.254 e. The van der Waals surface area contributed by atoms with Crippen molar-refractivity contribution in [2.75, 3.05) is 0 Å². The van der Waals surface area contributed by atoms with Gasteiger partial charge in [-0.3, -0.25) is 4.98 Å². The van der Waals surface area contributed by atoms with Crippen LogP contribution in [0.25, 0.3) is 44.2 Å². The summed E-state index contributed by atoms with van der Waals surface area (Å²) in [4.78, 5) is 12.4. The molecule has 0 bridgehead atoms. The van der Waals surface area contributed by atoms with Crippen LogP contribution in [0, 0.1) is 0 Å². The van der Waals surface area contributed by atoms with Crippen molar-refractivity contribution >= 4 is 33.6 Å². The van der Waals surface area contributed by atoms with Crippen LogP contribution in [0.1, 0.15) is 25.0 Å². The third-order valence-electron chi connectivity index (χ3n) is 7.33. The van der Waals surface area contributed by atoms with Crippen LogP contribution in [0.3, 0.4) is 0 Å². The number of hydrogen-bond acceptors (Lipinski definition) is 3. The summed E-state index contributed by atoms with van der Waals surface area (Å²) in [6, 6.07) is 36.9. The van der Waals surface area contributed by atoms with Crippen LogP contribution in [0.15, 0.2) is 119 Å². The van der Waals surface area contributed by atoms with Gasteiger partial charge in [0.15, 0.2) is 0 Å². The molecule has 2 nitrogen and oxygen atoms in total. The van der Waals surface area contributed by atoms with Crippen LogP contribution >= 0.6 is 11.8 Å². The zero-order valence-electron chi connectivity index (χ0n) is 20.2. The molecule has 0 N–H and O–H groups in total. The molecular weight excluding hydrogens is 456 g/mol. The minimum Gasteiger partial charge on any atom is -0.254 e. The quantitative estimate of drug-likeness (QED) is 0.231. The number of fused-ring (bicyclic) bond motifs is 5. The highest BCUT2D eigenvalue weighted by molar-refractivity contribution is 7.99. The van der Waals surface area contributed by atoms with Crippen molar-refractivity contribution in [3.05, 3.63) is 120 Å². The Labute approximate surface area is 215 Å².